The van der Waals surface area contributed by atoms with Crippen LogP contribution in [0.2, 0.25) is 0 Å². The summed E-state index contributed by atoms with van der Waals surface area (Å²) in [6.45, 7) is 4.39. The van der Waals surface area contributed by atoms with E-state index in [0.29, 0.717) is 19.6 Å². The van der Waals surface area contributed by atoms with E-state index in [1.165, 1.54) is 20.1 Å². The van der Waals surface area contributed by atoms with Gasteiger partial charge in [-0.25, -0.2) is 0 Å². The zero-order valence-electron chi connectivity index (χ0n) is 25.4. The molecule has 0 aromatic heterocycles. The number of rotatable bonds is 5. The molecule has 0 amide bonds. The third kappa shape index (κ3) is 4.44. The highest BCUT2D eigenvalue weighted by Gasteiger charge is 2.54. The average Bonchev–Trinajstić information content (AvgIpc) is 3.40. The Hall–Kier alpha value is -3.43. The summed E-state index contributed by atoms with van der Waals surface area (Å²) >= 11 is 0. The van der Waals surface area contributed by atoms with E-state index < -0.39 is 59.7 Å². The number of phenolic OH excluding ortho intramolecular Hbond substituents is 2. The summed E-state index contributed by atoms with van der Waals surface area (Å²) < 4.78 is 35.6. The lowest BCUT2D eigenvalue weighted by Gasteiger charge is -2.43. The molecule has 5 aliphatic rings. The van der Waals surface area contributed by atoms with Crippen LogP contribution in [0.1, 0.15) is 75.8 Å². The molecule has 8 atom stereocenters. The number of benzene rings is 2. The molecule has 240 valence electrons. The maximum absolute atomic E-state index is 13.9. The lowest BCUT2D eigenvalue weighted by atomic mass is 9.72. The van der Waals surface area contributed by atoms with Crippen molar-refractivity contribution in [1.82, 2.24) is 4.90 Å². The Bertz CT molecular complexity index is 1610. The van der Waals surface area contributed by atoms with Crippen LogP contribution in [0.4, 0.5) is 0 Å². The summed E-state index contributed by atoms with van der Waals surface area (Å²) in [5, 5.41) is 43.3. The van der Waals surface area contributed by atoms with Crippen molar-refractivity contribution in [2.45, 2.75) is 81.9 Å². The first-order valence-corrected chi connectivity index (χ1v) is 15.0. The molecule has 7 rings (SSSR count). The molecular formula is C32H36N2O11. The minimum Gasteiger partial charge on any atom is -0.507 e. The second kappa shape index (κ2) is 10.8. The fourth-order valence-corrected chi connectivity index (χ4v) is 7.62. The molecule has 45 heavy (non-hydrogen) atoms. The second-order valence-electron chi connectivity index (χ2n) is 12.3. The topological polar surface area (TPSA) is 177 Å². The van der Waals surface area contributed by atoms with E-state index in [4.69, 9.17) is 33.8 Å². The van der Waals surface area contributed by atoms with Gasteiger partial charge in [0.25, 0.3) is 0 Å². The van der Waals surface area contributed by atoms with Crippen LogP contribution in [-0.2, 0) is 30.1 Å². The monoisotopic (exact) mass is 624 g/mol. The predicted molar refractivity (Wildman–Crippen MR) is 155 cm³/mol. The number of aliphatic hydroxyl groups is 1. The molecule has 0 radical (unpaired) electrons. The van der Waals surface area contributed by atoms with Crippen LogP contribution in [-0.4, -0.2) is 108 Å². The van der Waals surface area contributed by atoms with Gasteiger partial charge in [0.05, 0.1) is 42.6 Å². The molecule has 0 unspecified atom stereocenters. The summed E-state index contributed by atoms with van der Waals surface area (Å²) in [6, 6.07) is 4.45. The van der Waals surface area contributed by atoms with Crippen LogP contribution < -0.4 is 4.74 Å². The number of ether oxygens (including phenoxy) is 6. The SMILES string of the molecule is COc1cccc2c1C(=O)c1c(O)c3c(c(O)c1C2=O)C[C@@](O)(C(C)=N)C[C@@H]3O[C@H]1C[C@H]2[C@H](O[C@@H]3[C@@H](OC)OCCN32)[C@H](C)O1. The Labute approximate surface area is 259 Å². The van der Waals surface area contributed by atoms with Crippen molar-refractivity contribution in [3.63, 3.8) is 0 Å². The van der Waals surface area contributed by atoms with E-state index in [2.05, 4.69) is 4.90 Å². The first-order valence-electron chi connectivity index (χ1n) is 15.0. The van der Waals surface area contributed by atoms with Crippen molar-refractivity contribution in [2.75, 3.05) is 27.4 Å². The summed E-state index contributed by atoms with van der Waals surface area (Å²) in [5.41, 5.74) is -2.45. The number of carbonyl (C=O) groups excluding carboxylic acids is 2. The van der Waals surface area contributed by atoms with Crippen LogP contribution in [0.3, 0.4) is 0 Å². The van der Waals surface area contributed by atoms with Crippen molar-refractivity contribution < 1.29 is 53.3 Å². The molecule has 3 saturated heterocycles. The van der Waals surface area contributed by atoms with Crippen LogP contribution in [0.15, 0.2) is 18.2 Å². The van der Waals surface area contributed by atoms with Crippen LogP contribution in [0.25, 0.3) is 0 Å². The number of morpholine rings is 1. The van der Waals surface area contributed by atoms with E-state index in [-0.39, 0.29) is 69.8 Å². The third-order valence-corrected chi connectivity index (χ3v) is 9.88. The van der Waals surface area contributed by atoms with Gasteiger partial charge in [-0.1, -0.05) is 12.1 Å². The predicted octanol–water partition coefficient (Wildman–Crippen LogP) is 2.19. The van der Waals surface area contributed by atoms with Gasteiger partial charge in [-0.05, 0) is 19.9 Å². The molecule has 13 nitrogen and oxygen atoms in total. The maximum atomic E-state index is 13.9. The molecule has 2 aliphatic carbocycles. The first-order chi connectivity index (χ1) is 21.5. The fourth-order valence-electron chi connectivity index (χ4n) is 7.62. The van der Waals surface area contributed by atoms with Crippen molar-refractivity contribution >= 4 is 17.3 Å². The first kappa shape index (κ1) is 30.2. The number of methoxy groups -OCH3 is 2. The van der Waals surface area contributed by atoms with Gasteiger partial charge in [0.1, 0.15) is 29.0 Å². The van der Waals surface area contributed by atoms with Crippen LogP contribution >= 0.6 is 0 Å². The average molecular weight is 625 g/mol. The molecule has 0 saturated carbocycles. The number of hydrogen-bond donors (Lipinski definition) is 4. The van der Waals surface area contributed by atoms with Gasteiger partial charge in [0.2, 0.25) is 5.78 Å². The summed E-state index contributed by atoms with van der Waals surface area (Å²) in [6.07, 6.45) is -3.67. The second-order valence-corrected chi connectivity index (χ2v) is 12.3. The highest BCUT2D eigenvalue weighted by molar-refractivity contribution is 6.31. The number of ketones is 2. The summed E-state index contributed by atoms with van der Waals surface area (Å²) in [5.74, 6) is -2.26. The molecule has 2 aromatic carbocycles. The van der Waals surface area contributed by atoms with E-state index in [9.17, 15) is 24.9 Å². The number of carbonyl (C=O) groups is 2. The molecule has 13 heteroatoms. The lowest BCUT2D eigenvalue weighted by Crippen LogP contribution is -2.55. The quantitative estimate of drug-likeness (QED) is 0.241. The Morgan fingerprint density at radius 3 is 2.56 bits per heavy atom. The van der Waals surface area contributed by atoms with Gasteiger partial charge < -0.3 is 49.2 Å². The highest BCUT2D eigenvalue weighted by atomic mass is 16.7. The number of nitrogens with one attached hydrogen (secondary N) is 1. The Morgan fingerprint density at radius 1 is 1.09 bits per heavy atom. The molecule has 2 aromatic rings. The number of hydrogen-bond acceptors (Lipinski definition) is 13. The number of phenols is 2. The van der Waals surface area contributed by atoms with E-state index in [0.717, 1.165) is 0 Å². The minimum absolute atomic E-state index is 0.0154. The van der Waals surface area contributed by atoms with Gasteiger partial charge in [-0.15, -0.1) is 0 Å². The van der Waals surface area contributed by atoms with Gasteiger partial charge in [-0.2, -0.15) is 0 Å². The largest absolute Gasteiger partial charge is 0.507 e. The zero-order valence-corrected chi connectivity index (χ0v) is 25.4. The maximum Gasteiger partial charge on any atom is 0.202 e. The van der Waals surface area contributed by atoms with E-state index in [1.807, 2.05) is 6.92 Å². The highest BCUT2D eigenvalue weighted by Crippen LogP contribution is 2.53. The van der Waals surface area contributed by atoms with Crippen molar-refractivity contribution in [2.24, 2.45) is 0 Å². The summed E-state index contributed by atoms with van der Waals surface area (Å²) in [7, 11) is 2.93. The fraction of sp³-hybridized carbons (Fsp3) is 0.531. The number of aromatic hydroxyl groups is 2. The van der Waals surface area contributed by atoms with Gasteiger partial charge in [-0.3, -0.25) is 14.5 Å². The Kier molecular flexibility index (Phi) is 7.28. The smallest absolute Gasteiger partial charge is 0.202 e. The molecular weight excluding hydrogens is 588 g/mol. The third-order valence-electron chi connectivity index (χ3n) is 9.88. The van der Waals surface area contributed by atoms with Gasteiger partial charge in [0, 0.05) is 61.4 Å². The normalized spacial score (nSPS) is 33.9. The van der Waals surface area contributed by atoms with Gasteiger partial charge in [0.15, 0.2) is 24.6 Å². The van der Waals surface area contributed by atoms with Gasteiger partial charge >= 0.3 is 0 Å². The van der Waals surface area contributed by atoms with Crippen LogP contribution in [0, 0.1) is 5.41 Å². The van der Waals surface area contributed by atoms with Crippen molar-refractivity contribution in [1.29, 1.82) is 5.41 Å². The lowest BCUT2D eigenvalue weighted by molar-refractivity contribution is -0.255. The molecule has 4 N–H and O–H groups in total. The minimum atomic E-state index is -1.76. The number of fused-ring (bicyclic) bond motifs is 6. The standard InChI is InChI=1S/C32H36N2O11/c1-13-29-17(34-8-9-42-31(41-4)30(34)45-29)10-20(43-13)44-19-12-32(39,14(2)33)11-16-22(19)28(38)24-23(26(16)36)25(35)15-6-5-7-18(40-3)21(15)27(24)37/h5-7,13,17,19-20,29-31,33,36,38-39H,8-12H2,1-4H3/t13-,17-,19-,20-,29+,30+,31-,32-/m0/s1. The molecule has 3 aliphatic heterocycles. The van der Waals surface area contributed by atoms with Crippen molar-refractivity contribution in [3.05, 3.63) is 51.6 Å². The summed E-state index contributed by atoms with van der Waals surface area (Å²) in [4.78, 5) is 29.8. The molecule has 0 spiro atoms. The Morgan fingerprint density at radius 2 is 1.84 bits per heavy atom. The van der Waals surface area contributed by atoms with Crippen LogP contribution in [0.5, 0.6) is 17.2 Å². The van der Waals surface area contributed by atoms with E-state index in [1.54, 1.807) is 19.2 Å². The zero-order chi connectivity index (χ0) is 31.9. The van der Waals surface area contributed by atoms with Crippen molar-refractivity contribution in [3.8, 4) is 17.2 Å². The van der Waals surface area contributed by atoms with E-state index >= 15 is 0 Å². The Balaban J connectivity index is 1.29. The number of nitrogens with zero attached hydrogens (tertiary/aromatic N) is 1. The molecule has 0 bridgehead atoms. The molecule has 3 heterocycles. The molecule has 3 fully saturated rings.